The Morgan fingerprint density at radius 1 is 1.12 bits per heavy atom. The maximum Gasteiger partial charge on any atom is 0.295 e. The van der Waals surface area contributed by atoms with Gasteiger partial charge in [-0.15, -0.1) is 0 Å². The highest BCUT2D eigenvalue weighted by Crippen LogP contribution is 2.40. The molecule has 7 heteroatoms. The average molecular weight is 463 g/mol. The number of carbonyl (C=O) groups is 2. The molecule has 0 bridgehead atoms. The molecule has 1 aliphatic rings. The number of aliphatic hydroxyl groups excluding tert-OH is 1. The number of hydrogen-bond acceptors (Lipinski definition) is 5. The van der Waals surface area contributed by atoms with Crippen LogP contribution in [0.3, 0.4) is 0 Å². The second-order valence-electron chi connectivity index (χ2n) is 7.72. The maximum absolute atomic E-state index is 13.1. The van der Waals surface area contributed by atoms with Crippen LogP contribution >= 0.6 is 11.6 Å². The molecule has 0 saturated carbocycles. The topological polar surface area (TPSA) is 79.7 Å². The lowest BCUT2D eigenvalue weighted by Gasteiger charge is -2.25. The van der Waals surface area contributed by atoms with Crippen LogP contribution in [-0.2, 0) is 16.1 Å². The fourth-order valence-electron chi connectivity index (χ4n) is 3.83. The Morgan fingerprint density at radius 2 is 1.91 bits per heavy atom. The van der Waals surface area contributed by atoms with E-state index < -0.39 is 17.7 Å². The highest BCUT2D eigenvalue weighted by Gasteiger charge is 2.46. The second-order valence-corrected chi connectivity index (χ2v) is 8.15. The van der Waals surface area contributed by atoms with E-state index in [0.717, 1.165) is 12.0 Å². The zero-order valence-electron chi connectivity index (χ0n) is 18.1. The van der Waals surface area contributed by atoms with Crippen LogP contribution in [0.25, 0.3) is 5.76 Å². The summed E-state index contributed by atoms with van der Waals surface area (Å²) < 4.78 is 5.66. The van der Waals surface area contributed by atoms with Gasteiger partial charge in [-0.1, -0.05) is 48.9 Å². The molecule has 1 amide bonds. The summed E-state index contributed by atoms with van der Waals surface area (Å²) in [5, 5.41) is 11.7. The number of hydrogen-bond donors (Lipinski definition) is 1. The minimum Gasteiger partial charge on any atom is -0.507 e. The van der Waals surface area contributed by atoms with Crippen LogP contribution in [0.4, 0.5) is 0 Å². The lowest BCUT2D eigenvalue weighted by molar-refractivity contribution is -0.140. The Labute approximate surface area is 197 Å². The third-order valence-corrected chi connectivity index (χ3v) is 5.63. The van der Waals surface area contributed by atoms with Crippen molar-refractivity contribution in [1.29, 1.82) is 0 Å². The summed E-state index contributed by atoms with van der Waals surface area (Å²) in [6.45, 7) is 2.70. The van der Waals surface area contributed by atoms with Crippen LogP contribution in [0.15, 0.2) is 78.6 Å². The number of ether oxygens (including phenoxy) is 1. The van der Waals surface area contributed by atoms with Crippen molar-refractivity contribution in [2.45, 2.75) is 25.9 Å². The number of ketones is 1. The first-order chi connectivity index (χ1) is 16.0. The number of pyridine rings is 1. The molecule has 0 spiro atoms. The third kappa shape index (κ3) is 4.76. The molecule has 168 valence electrons. The predicted molar refractivity (Wildman–Crippen MR) is 126 cm³/mol. The molecule has 1 aliphatic heterocycles. The van der Waals surface area contributed by atoms with E-state index in [-0.39, 0.29) is 17.9 Å². The fraction of sp³-hybridized carbons (Fsp3) is 0.192. The van der Waals surface area contributed by atoms with Crippen molar-refractivity contribution in [2.24, 2.45) is 0 Å². The van der Waals surface area contributed by atoms with Gasteiger partial charge in [0.1, 0.15) is 11.5 Å². The van der Waals surface area contributed by atoms with Crippen molar-refractivity contribution in [2.75, 3.05) is 6.61 Å². The Morgan fingerprint density at radius 3 is 2.61 bits per heavy atom. The largest absolute Gasteiger partial charge is 0.507 e. The molecule has 0 aliphatic carbocycles. The van der Waals surface area contributed by atoms with Gasteiger partial charge in [0, 0.05) is 29.5 Å². The zero-order chi connectivity index (χ0) is 23.4. The van der Waals surface area contributed by atoms with E-state index >= 15 is 0 Å². The van der Waals surface area contributed by atoms with E-state index in [1.165, 1.54) is 4.90 Å². The first-order valence-corrected chi connectivity index (χ1v) is 11.0. The molecule has 3 aromatic rings. The monoisotopic (exact) mass is 462 g/mol. The van der Waals surface area contributed by atoms with Crippen molar-refractivity contribution in [3.8, 4) is 5.75 Å². The van der Waals surface area contributed by atoms with Gasteiger partial charge >= 0.3 is 0 Å². The summed E-state index contributed by atoms with van der Waals surface area (Å²) in [6.07, 6.45) is 4.13. The first kappa shape index (κ1) is 22.6. The third-order valence-electron chi connectivity index (χ3n) is 5.38. The molecule has 2 aromatic carbocycles. The molecule has 1 atom stereocenters. The maximum atomic E-state index is 13.1. The number of amides is 1. The van der Waals surface area contributed by atoms with E-state index in [4.69, 9.17) is 16.3 Å². The van der Waals surface area contributed by atoms with Crippen molar-refractivity contribution >= 4 is 29.1 Å². The summed E-state index contributed by atoms with van der Waals surface area (Å²) in [7, 11) is 0. The van der Waals surface area contributed by atoms with E-state index in [0.29, 0.717) is 28.5 Å². The molecule has 1 aromatic heterocycles. The van der Waals surface area contributed by atoms with Crippen molar-refractivity contribution in [1.82, 2.24) is 9.88 Å². The van der Waals surface area contributed by atoms with E-state index in [1.54, 1.807) is 67.0 Å². The van der Waals surface area contributed by atoms with Gasteiger partial charge in [0.25, 0.3) is 11.7 Å². The number of rotatable bonds is 7. The number of benzene rings is 2. The summed E-state index contributed by atoms with van der Waals surface area (Å²) in [5.74, 6) is -1.09. The van der Waals surface area contributed by atoms with Gasteiger partial charge in [-0.3, -0.25) is 14.6 Å². The van der Waals surface area contributed by atoms with Crippen LogP contribution < -0.4 is 4.74 Å². The molecule has 4 rings (SSSR count). The lowest BCUT2D eigenvalue weighted by atomic mass is 9.95. The highest BCUT2D eigenvalue weighted by atomic mass is 35.5. The molecule has 1 fully saturated rings. The first-order valence-electron chi connectivity index (χ1n) is 10.7. The molecule has 6 nitrogen and oxygen atoms in total. The van der Waals surface area contributed by atoms with Gasteiger partial charge in [0.15, 0.2) is 0 Å². The number of aliphatic hydroxyl groups is 1. The summed E-state index contributed by atoms with van der Waals surface area (Å²) in [4.78, 5) is 31.8. The molecule has 0 radical (unpaired) electrons. The molecular formula is C26H23ClN2O4. The normalized spacial score (nSPS) is 17.4. The van der Waals surface area contributed by atoms with E-state index in [1.807, 2.05) is 13.0 Å². The fourth-order valence-corrected chi connectivity index (χ4v) is 3.96. The van der Waals surface area contributed by atoms with Crippen LogP contribution in [0.1, 0.15) is 36.1 Å². The predicted octanol–water partition coefficient (Wildman–Crippen LogP) is 5.15. The summed E-state index contributed by atoms with van der Waals surface area (Å²) in [6, 6.07) is 16.6. The van der Waals surface area contributed by atoms with Gasteiger partial charge in [0.05, 0.1) is 18.2 Å². The summed E-state index contributed by atoms with van der Waals surface area (Å²) in [5.41, 5.74) is 1.87. The molecule has 1 unspecified atom stereocenters. The molecule has 33 heavy (non-hydrogen) atoms. The van der Waals surface area contributed by atoms with E-state index in [9.17, 15) is 14.7 Å². The highest BCUT2D eigenvalue weighted by molar-refractivity contribution is 6.46. The lowest BCUT2D eigenvalue weighted by Crippen LogP contribution is -2.29. The minimum absolute atomic E-state index is 0.0267. The molecule has 1 N–H and O–H groups in total. The van der Waals surface area contributed by atoms with Gasteiger partial charge in [-0.25, -0.2) is 0 Å². The molecule has 2 heterocycles. The average Bonchev–Trinajstić information content (AvgIpc) is 3.08. The van der Waals surface area contributed by atoms with Gasteiger partial charge < -0.3 is 14.7 Å². The smallest absolute Gasteiger partial charge is 0.295 e. The SMILES string of the molecule is CCCOc1cccc(/C(O)=C2/C(=O)C(=O)N(Cc3cccnc3)C2c2ccc(Cl)cc2)c1. The Bertz CT molecular complexity index is 1190. The van der Waals surface area contributed by atoms with Crippen LogP contribution in [-0.4, -0.2) is 33.3 Å². The van der Waals surface area contributed by atoms with E-state index in [2.05, 4.69) is 4.98 Å². The van der Waals surface area contributed by atoms with Gasteiger partial charge in [-0.2, -0.15) is 0 Å². The summed E-state index contributed by atoms with van der Waals surface area (Å²) >= 11 is 6.06. The van der Waals surface area contributed by atoms with Crippen LogP contribution in [0, 0.1) is 0 Å². The van der Waals surface area contributed by atoms with Gasteiger partial charge in [0.2, 0.25) is 0 Å². The quantitative estimate of drug-likeness (QED) is 0.298. The molecular weight excluding hydrogens is 440 g/mol. The number of halogens is 1. The van der Waals surface area contributed by atoms with Crippen molar-refractivity contribution < 1.29 is 19.4 Å². The number of likely N-dealkylation sites (tertiary alicyclic amines) is 1. The minimum atomic E-state index is -0.775. The number of Topliss-reactive ketones (excluding diaryl/α,β-unsaturated/α-hetero) is 1. The zero-order valence-corrected chi connectivity index (χ0v) is 18.8. The van der Waals surface area contributed by atoms with Crippen LogP contribution in [0.2, 0.25) is 5.02 Å². The van der Waals surface area contributed by atoms with Crippen molar-refractivity contribution in [3.63, 3.8) is 0 Å². The number of carbonyl (C=O) groups excluding carboxylic acids is 2. The Balaban J connectivity index is 1.81. The molecule has 1 saturated heterocycles. The number of nitrogens with zero attached hydrogens (tertiary/aromatic N) is 2. The van der Waals surface area contributed by atoms with Gasteiger partial charge in [-0.05, 0) is 47.9 Å². The second kappa shape index (κ2) is 9.88. The standard InChI is InChI=1S/C26H23ClN2O4/c1-2-13-33-21-7-3-6-19(14-21)24(30)22-23(18-8-10-20(27)11-9-18)29(26(32)25(22)31)16-17-5-4-12-28-15-17/h3-12,14-15,23,30H,2,13,16H2,1H3/b24-22-. The van der Waals surface area contributed by atoms with Crippen molar-refractivity contribution in [3.05, 3.63) is 100 Å². The number of aromatic nitrogens is 1. The van der Waals surface area contributed by atoms with Crippen LogP contribution in [0.5, 0.6) is 5.75 Å². The Kier molecular flexibility index (Phi) is 6.75. The Hall–Kier alpha value is -3.64.